The predicted molar refractivity (Wildman–Crippen MR) is 115 cm³/mol. The summed E-state index contributed by atoms with van der Waals surface area (Å²) in [5.41, 5.74) is 2.44. The van der Waals surface area contributed by atoms with Gasteiger partial charge in [-0.15, -0.1) is 0 Å². The standard InChI is InChI=1S/C23H25ClN2O3/c1-28-18-5-6-22-20(14-18)21(15-25-22)16-7-10-26(11-8-16)23(27)9-12-29-19-4-2-3-17(24)13-19/h2-6,13-16,25H,7-12H2,1H3. The molecule has 0 atom stereocenters. The van der Waals surface area contributed by atoms with Crippen LogP contribution < -0.4 is 9.47 Å². The van der Waals surface area contributed by atoms with E-state index in [1.807, 2.05) is 23.1 Å². The highest BCUT2D eigenvalue weighted by Crippen LogP contribution is 2.34. The van der Waals surface area contributed by atoms with Gasteiger partial charge in [0.25, 0.3) is 0 Å². The molecule has 0 saturated carbocycles. The Kier molecular flexibility index (Phi) is 5.95. The van der Waals surface area contributed by atoms with Gasteiger partial charge in [0.2, 0.25) is 5.91 Å². The van der Waals surface area contributed by atoms with Crippen LogP contribution >= 0.6 is 11.6 Å². The molecule has 1 saturated heterocycles. The van der Waals surface area contributed by atoms with Gasteiger partial charge in [-0.1, -0.05) is 17.7 Å². The molecular formula is C23H25ClN2O3. The lowest BCUT2D eigenvalue weighted by molar-refractivity contribution is -0.132. The highest BCUT2D eigenvalue weighted by molar-refractivity contribution is 6.30. The van der Waals surface area contributed by atoms with Crippen molar-refractivity contribution < 1.29 is 14.3 Å². The van der Waals surface area contributed by atoms with Crippen molar-refractivity contribution in [3.63, 3.8) is 0 Å². The molecule has 1 aliphatic rings. The van der Waals surface area contributed by atoms with E-state index in [2.05, 4.69) is 23.3 Å². The van der Waals surface area contributed by atoms with E-state index in [0.29, 0.717) is 29.7 Å². The second kappa shape index (κ2) is 8.78. The number of rotatable bonds is 6. The number of carbonyl (C=O) groups excluding carboxylic acids is 1. The van der Waals surface area contributed by atoms with E-state index >= 15 is 0 Å². The summed E-state index contributed by atoms with van der Waals surface area (Å²) in [6.45, 7) is 1.91. The van der Waals surface area contributed by atoms with E-state index < -0.39 is 0 Å². The zero-order valence-corrected chi connectivity index (χ0v) is 17.2. The molecule has 152 valence electrons. The van der Waals surface area contributed by atoms with Crippen molar-refractivity contribution in [3.8, 4) is 11.5 Å². The van der Waals surface area contributed by atoms with Gasteiger partial charge in [0.15, 0.2) is 0 Å². The smallest absolute Gasteiger partial charge is 0.225 e. The first-order valence-corrected chi connectivity index (χ1v) is 10.3. The predicted octanol–water partition coefficient (Wildman–Crippen LogP) is 5.01. The third-order valence-electron chi connectivity index (χ3n) is 5.59. The molecule has 0 bridgehead atoms. The van der Waals surface area contributed by atoms with Gasteiger partial charge >= 0.3 is 0 Å². The van der Waals surface area contributed by atoms with Crippen molar-refractivity contribution in [1.29, 1.82) is 0 Å². The van der Waals surface area contributed by atoms with Crippen molar-refractivity contribution in [2.75, 3.05) is 26.8 Å². The fourth-order valence-electron chi connectivity index (χ4n) is 4.00. The number of hydrogen-bond acceptors (Lipinski definition) is 3. The summed E-state index contributed by atoms with van der Waals surface area (Å²) in [5.74, 6) is 2.15. The van der Waals surface area contributed by atoms with Crippen LogP contribution in [-0.4, -0.2) is 42.6 Å². The number of nitrogens with one attached hydrogen (secondary N) is 1. The van der Waals surface area contributed by atoms with E-state index in [9.17, 15) is 4.79 Å². The molecule has 0 radical (unpaired) electrons. The first-order valence-electron chi connectivity index (χ1n) is 9.95. The Bertz CT molecular complexity index is 993. The number of likely N-dealkylation sites (tertiary alicyclic amines) is 1. The van der Waals surface area contributed by atoms with Crippen molar-refractivity contribution in [3.05, 3.63) is 59.2 Å². The number of aromatic amines is 1. The first kappa shape index (κ1) is 19.6. The van der Waals surface area contributed by atoms with Gasteiger partial charge in [0.1, 0.15) is 11.5 Å². The lowest BCUT2D eigenvalue weighted by Gasteiger charge is -2.32. The molecule has 1 fully saturated rings. The summed E-state index contributed by atoms with van der Waals surface area (Å²) >= 11 is 5.95. The van der Waals surface area contributed by atoms with Crippen LogP contribution in [0, 0.1) is 0 Å². The highest BCUT2D eigenvalue weighted by Gasteiger charge is 2.25. The number of benzene rings is 2. The highest BCUT2D eigenvalue weighted by atomic mass is 35.5. The van der Waals surface area contributed by atoms with Crippen molar-refractivity contribution >= 4 is 28.4 Å². The molecule has 0 unspecified atom stereocenters. The van der Waals surface area contributed by atoms with E-state index in [-0.39, 0.29) is 5.91 Å². The summed E-state index contributed by atoms with van der Waals surface area (Å²) in [6, 6.07) is 13.3. The van der Waals surface area contributed by atoms with Crippen molar-refractivity contribution in [2.45, 2.75) is 25.2 Å². The minimum Gasteiger partial charge on any atom is -0.497 e. The van der Waals surface area contributed by atoms with E-state index in [1.54, 1.807) is 19.2 Å². The van der Waals surface area contributed by atoms with Gasteiger partial charge in [-0.2, -0.15) is 0 Å². The van der Waals surface area contributed by atoms with Gasteiger partial charge in [-0.05, 0) is 60.7 Å². The Morgan fingerprint density at radius 1 is 1.17 bits per heavy atom. The van der Waals surface area contributed by atoms with Crippen LogP contribution in [-0.2, 0) is 4.79 Å². The maximum Gasteiger partial charge on any atom is 0.225 e. The fraction of sp³-hybridized carbons (Fsp3) is 0.348. The molecule has 0 aliphatic carbocycles. The van der Waals surface area contributed by atoms with Gasteiger partial charge in [0, 0.05) is 35.2 Å². The minimum atomic E-state index is 0.145. The summed E-state index contributed by atoms with van der Waals surface area (Å²) in [7, 11) is 1.69. The summed E-state index contributed by atoms with van der Waals surface area (Å²) in [4.78, 5) is 17.8. The number of carbonyl (C=O) groups is 1. The number of aromatic nitrogens is 1. The number of hydrogen-bond donors (Lipinski definition) is 1. The number of H-pyrrole nitrogens is 1. The minimum absolute atomic E-state index is 0.145. The van der Waals surface area contributed by atoms with Crippen molar-refractivity contribution in [2.24, 2.45) is 0 Å². The number of piperidine rings is 1. The van der Waals surface area contributed by atoms with E-state index in [0.717, 1.165) is 37.2 Å². The van der Waals surface area contributed by atoms with Crippen LogP contribution in [0.15, 0.2) is 48.7 Å². The molecule has 1 aromatic heterocycles. The Labute approximate surface area is 175 Å². The first-order chi connectivity index (χ1) is 14.1. The van der Waals surface area contributed by atoms with Gasteiger partial charge in [-0.25, -0.2) is 0 Å². The van der Waals surface area contributed by atoms with Gasteiger partial charge in [0.05, 0.1) is 20.1 Å². The van der Waals surface area contributed by atoms with Crippen LogP contribution in [0.3, 0.4) is 0 Å². The zero-order valence-electron chi connectivity index (χ0n) is 16.5. The fourth-order valence-corrected chi connectivity index (χ4v) is 4.18. The summed E-state index contributed by atoms with van der Waals surface area (Å²) < 4.78 is 11.0. The number of fused-ring (bicyclic) bond motifs is 1. The molecule has 1 amide bonds. The average Bonchev–Trinajstić information content (AvgIpc) is 3.17. The third kappa shape index (κ3) is 4.51. The van der Waals surface area contributed by atoms with Crippen molar-refractivity contribution in [1.82, 2.24) is 9.88 Å². The largest absolute Gasteiger partial charge is 0.497 e. The number of amides is 1. The molecular weight excluding hydrogens is 388 g/mol. The molecule has 5 nitrogen and oxygen atoms in total. The topological polar surface area (TPSA) is 54.6 Å². The second-order valence-electron chi connectivity index (χ2n) is 7.37. The number of methoxy groups -OCH3 is 1. The van der Waals surface area contributed by atoms with Crippen LogP contribution in [0.5, 0.6) is 11.5 Å². The molecule has 2 aromatic carbocycles. The molecule has 4 rings (SSSR count). The SMILES string of the molecule is COc1ccc2[nH]cc(C3CCN(C(=O)CCOc4cccc(Cl)c4)CC3)c2c1. The average molecular weight is 413 g/mol. The van der Waals surface area contributed by atoms with Crippen LogP contribution in [0.1, 0.15) is 30.7 Å². The lowest BCUT2D eigenvalue weighted by atomic mass is 9.89. The molecule has 6 heteroatoms. The van der Waals surface area contributed by atoms with Gasteiger partial charge in [-0.3, -0.25) is 4.79 Å². The zero-order chi connectivity index (χ0) is 20.2. The lowest BCUT2D eigenvalue weighted by Crippen LogP contribution is -2.38. The monoisotopic (exact) mass is 412 g/mol. The third-order valence-corrected chi connectivity index (χ3v) is 5.82. The molecule has 29 heavy (non-hydrogen) atoms. The number of halogens is 1. The Hall–Kier alpha value is -2.66. The Morgan fingerprint density at radius 3 is 2.76 bits per heavy atom. The molecule has 0 spiro atoms. The number of ether oxygens (including phenoxy) is 2. The molecule has 1 aliphatic heterocycles. The summed E-state index contributed by atoms with van der Waals surface area (Å²) in [5, 5.41) is 1.84. The Balaban J connectivity index is 1.30. The van der Waals surface area contributed by atoms with E-state index in [1.165, 1.54) is 10.9 Å². The number of nitrogens with zero attached hydrogens (tertiary/aromatic N) is 1. The summed E-state index contributed by atoms with van der Waals surface area (Å²) in [6.07, 6.45) is 4.41. The maximum atomic E-state index is 12.5. The molecule has 3 aromatic rings. The van der Waals surface area contributed by atoms with Crippen LogP contribution in [0.2, 0.25) is 5.02 Å². The molecule has 1 N–H and O–H groups in total. The quantitative estimate of drug-likeness (QED) is 0.619. The second-order valence-corrected chi connectivity index (χ2v) is 7.80. The van der Waals surface area contributed by atoms with Gasteiger partial charge < -0.3 is 19.4 Å². The van der Waals surface area contributed by atoms with Crippen LogP contribution in [0.25, 0.3) is 10.9 Å². The van der Waals surface area contributed by atoms with E-state index in [4.69, 9.17) is 21.1 Å². The maximum absolute atomic E-state index is 12.5. The normalized spacial score (nSPS) is 14.9. The van der Waals surface area contributed by atoms with Crippen LogP contribution in [0.4, 0.5) is 0 Å². The molecule has 2 heterocycles. The Morgan fingerprint density at radius 2 is 2.00 bits per heavy atom.